The average Bonchev–Trinajstić information content (AvgIpc) is 3.38. The number of anilines is 3. The average molecular weight is 445 g/mol. The lowest BCUT2D eigenvalue weighted by atomic mass is 9.99. The summed E-state index contributed by atoms with van der Waals surface area (Å²) in [7, 11) is 0. The second kappa shape index (κ2) is 8.24. The molecule has 1 heterocycles. The van der Waals surface area contributed by atoms with Crippen molar-refractivity contribution >= 4 is 46.3 Å². The van der Waals surface area contributed by atoms with Crippen LogP contribution in [0.15, 0.2) is 72.8 Å². The number of hydrogen-bond donors (Lipinski definition) is 0. The minimum atomic E-state index is -0.558. The van der Waals surface area contributed by atoms with Gasteiger partial charge in [-0.15, -0.1) is 0 Å². The summed E-state index contributed by atoms with van der Waals surface area (Å²) in [6.45, 7) is 0.704. The van der Waals surface area contributed by atoms with Crippen LogP contribution >= 0.6 is 11.6 Å². The van der Waals surface area contributed by atoms with Gasteiger partial charge in [0.05, 0.1) is 11.6 Å². The number of nitrogens with zero attached hydrogens (tertiary/aromatic N) is 2. The third-order valence-electron chi connectivity index (χ3n) is 6.10. The van der Waals surface area contributed by atoms with Crippen molar-refractivity contribution in [3.8, 4) is 0 Å². The van der Waals surface area contributed by atoms with Gasteiger partial charge in [-0.3, -0.25) is 19.3 Å². The monoisotopic (exact) mass is 444 g/mol. The van der Waals surface area contributed by atoms with Crippen LogP contribution in [-0.2, 0) is 9.59 Å². The number of amides is 2. The number of fused-ring (bicyclic) bond motifs is 1. The molecular weight excluding hydrogens is 424 g/mol. The summed E-state index contributed by atoms with van der Waals surface area (Å²) in [6.07, 6.45) is 1.56. The molecule has 0 spiro atoms. The van der Waals surface area contributed by atoms with E-state index in [-0.39, 0.29) is 24.0 Å². The molecule has 1 saturated heterocycles. The summed E-state index contributed by atoms with van der Waals surface area (Å²) in [6, 6.07) is 21.8. The highest BCUT2D eigenvalue weighted by Crippen LogP contribution is 2.39. The first-order chi connectivity index (χ1) is 15.5. The Labute approximate surface area is 191 Å². The van der Waals surface area contributed by atoms with E-state index in [0.29, 0.717) is 34.9 Å². The summed E-state index contributed by atoms with van der Waals surface area (Å²) in [4.78, 5) is 41.8. The Morgan fingerprint density at radius 3 is 2.44 bits per heavy atom. The van der Waals surface area contributed by atoms with Gasteiger partial charge < -0.3 is 4.90 Å². The van der Waals surface area contributed by atoms with Gasteiger partial charge in [-0.1, -0.05) is 41.9 Å². The Hall–Kier alpha value is -3.44. The number of carbonyl (C=O) groups is 3. The fourth-order valence-electron chi connectivity index (χ4n) is 4.56. The van der Waals surface area contributed by atoms with Crippen LogP contribution in [0.5, 0.6) is 0 Å². The van der Waals surface area contributed by atoms with Gasteiger partial charge in [-0.25, -0.2) is 0 Å². The van der Waals surface area contributed by atoms with Crippen molar-refractivity contribution in [2.45, 2.75) is 25.2 Å². The Balaban J connectivity index is 1.54. The molecule has 0 bridgehead atoms. The predicted molar refractivity (Wildman–Crippen MR) is 125 cm³/mol. The third kappa shape index (κ3) is 3.59. The Kier molecular flexibility index (Phi) is 5.27. The second-order valence-corrected chi connectivity index (χ2v) is 8.52. The predicted octanol–water partition coefficient (Wildman–Crippen LogP) is 5.50. The van der Waals surface area contributed by atoms with E-state index in [1.54, 1.807) is 34.1 Å². The first-order valence-electron chi connectivity index (χ1n) is 10.6. The Bertz CT molecular complexity index is 1220. The summed E-state index contributed by atoms with van der Waals surface area (Å²) in [5, 5.41) is 0.516. The molecule has 0 aromatic heterocycles. The van der Waals surface area contributed by atoms with E-state index in [0.717, 1.165) is 17.7 Å². The minimum absolute atomic E-state index is 0.0205. The van der Waals surface area contributed by atoms with Crippen LogP contribution in [0.4, 0.5) is 17.1 Å². The first kappa shape index (κ1) is 20.5. The molecule has 5 nitrogen and oxygen atoms in total. The van der Waals surface area contributed by atoms with Gasteiger partial charge in [-0.05, 0) is 54.4 Å². The minimum Gasteiger partial charge on any atom is -0.312 e. The number of rotatable bonds is 4. The lowest BCUT2D eigenvalue weighted by Gasteiger charge is -2.27. The normalized spacial score (nSPS) is 17.5. The second-order valence-electron chi connectivity index (χ2n) is 8.09. The summed E-state index contributed by atoms with van der Waals surface area (Å²) in [5.74, 6) is -0.650. The van der Waals surface area contributed by atoms with Crippen LogP contribution < -0.4 is 9.80 Å². The lowest BCUT2D eigenvalue weighted by molar-refractivity contribution is -0.119. The molecule has 1 fully saturated rings. The number of ketones is 1. The van der Waals surface area contributed by atoms with Crippen molar-refractivity contribution in [2.75, 3.05) is 16.3 Å². The van der Waals surface area contributed by atoms with Crippen molar-refractivity contribution < 1.29 is 14.4 Å². The van der Waals surface area contributed by atoms with Crippen molar-refractivity contribution in [1.82, 2.24) is 0 Å². The topological polar surface area (TPSA) is 57.7 Å². The van der Waals surface area contributed by atoms with Crippen LogP contribution in [-0.4, -0.2) is 24.1 Å². The molecule has 2 amide bonds. The van der Waals surface area contributed by atoms with E-state index < -0.39 is 5.92 Å². The summed E-state index contributed by atoms with van der Waals surface area (Å²) < 4.78 is 0. The highest BCUT2D eigenvalue weighted by molar-refractivity contribution is 6.31. The van der Waals surface area contributed by atoms with E-state index >= 15 is 0 Å². The van der Waals surface area contributed by atoms with E-state index in [4.69, 9.17) is 11.6 Å². The van der Waals surface area contributed by atoms with Crippen molar-refractivity contribution in [3.05, 3.63) is 88.9 Å². The van der Waals surface area contributed by atoms with Gasteiger partial charge in [0.25, 0.3) is 0 Å². The van der Waals surface area contributed by atoms with Crippen LogP contribution in [0.3, 0.4) is 0 Å². The molecule has 2 aliphatic rings. The summed E-state index contributed by atoms with van der Waals surface area (Å²) in [5.41, 5.74) is 3.47. The molecule has 0 unspecified atom stereocenters. The largest absolute Gasteiger partial charge is 0.312 e. The Morgan fingerprint density at radius 2 is 1.72 bits per heavy atom. The maximum Gasteiger partial charge on any atom is 0.239 e. The zero-order valence-corrected chi connectivity index (χ0v) is 18.1. The number of carbonyl (C=O) groups excluding carboxylic acids is 3. The lowest BCUT2D eigenvalue weighted by Crippen LogP contribution is -2.31. The fourth-order valence-corrected chi connectivity index (χ4v) is 4.74. The maximum absolute atomic E-state index is 13.8. The standard InChI is InChI=1S/C26H21ClN2O3/c27-17-5-3-6-20(15-17)29(19-12-10-18(11-13-19)28-14-4-9-25(28)31)26(32)23-16-24(30)22-8-2-1-7-21(22)23/h1-3,5-8,10-13,15,23H,4,9,14,16H2/t23-/m1/s1. The molecule has 5 rings (SSSR count). The van der Waals surface area contributed by atoms with Crippen LogP contribution in [0, 0.1) is 0 Å². The molecule has 1 aliphatic heterocycles. The molecule has 1 atom stereocenters. The van der Waals surface area contributed by atoms with Crippen molar-refractivity contribution in [1.29, 1.82) is 0 Å². The quantitative estimate of drug-likeness (QED) is 0.533. The van der Waals surface area contributed by atoms with Crippen LogP contribution in [0.1, 0.15) is 41.1 Å². The van der Waals surface area contributed by atoms with Crippen molar-refractivity contribution in [2.24, 2.45) is 0 Å². The number of Topliss-reactive ketones (excluding diaryl/α,β-unsaturated/α-hetero) is 1. The van der Waals surface area contributed by atoms with E-state index in [9.17, 15) is 14.4 Å². The third-order valence-corrected chi connectivity index (χ3v) is 6.34. The molecule has 1 aliphatic carbocycles. The molecule has 0 saturated carbocycles. The first-order valence-corrected chi connectivity index (χ1v) is 11.0. The molecule has 6 heteroatoms. The van der Waals surface area contributed by atoms with Gasteiger partial charge in [-0.2, -0.15) is 0 Å². The molecule has 0 N–H and O–H groups in total. The maximum atomic E-state index is 13.8. The molecule has 3 aromatic carbocycles. The number of hydrogen-bond acceptors (Lipinski definition) is 3. The highest BCUT2D eigenvalue weighted by atomic mass is 35.5. The van der Waals surface area contributed by atoms with E-state index in [2.05, 4.69) is 0 Å². The van der Waals surface area contributed by atoms with E-state index in [1.807, 2.05) is 48.5 Å². The van der Waals surface area contributed by atoms with Gasteiger partial charge >= 0.3 is 0 Å². The fraction of sp³-hybridized carbons (Fsp3) is 0.192. The number of benzene rings is 3. The van der Waals surface area contributed by atoms with Crippen molar-refractivity contribution in [3.63, 3.8) is 0 Å². The highest BCUT2D eigenvalue weighted by Gasteiger charge is 2.37. The van der Waals surface area contributed by atoms with Crippen LogP contribution in [0.25, 0.3) is 0 Å². The molecule has 3 aromatic rings. The zero-order chi connectivity index (χ0) is 22.2. The van der Waals surface area contributed by atoms with Gasteiger partial charge in [0.15, 0.2) is 5.78 Å². The molecule has 0 radical (unpaired) electrons. The SMILES string of the molecule is O=C1C[C@@H](C(=O)N(c2ccc(N3CCCC3=O)cc2)c2cccc(Cl)c2)c2ccccc21. The zero-order valence-electron chi connectivity index (χ0n) is 17.3. The molecule has 160 valence electrons. The smallest absolute Gasteiger partial charge is 0.239 e. The van der Waals surface area contributed by atoms with Crippen LogP contribution in [0.2, 0.25) is 5.02 Å². The van der Waals surface area contributed by atoms with Gasteiger partial charge in [0.2, 0.25) is 11.8 Å². The molecular formula is C26H21ClN2O3. The Morgan fingerprint density at radius 1 is 0.938 bits per heavy atom. The van der Waals surface area contributed by atoms with E-state index in [1.165, 1.54) is 0 Å². The van der Waals surface area contributed by atoms with Gasteiger partial charge in [0, 0.05) is 41.3 Å². The summed E-state index contributed by atoms with van der Waals surface area (Å²) >= 11 is 6.24. The number of halogens is 1. The molecule has 32 heavy (non-hydrogen) atoms. The van der Waals surface area contributed by atoms with Gasteiger partial charge in [0.1, 0.15) is 0 Å².